The predicted octanol–water partition coefficient (Wildman–Crippen LogP) is 3.82. The van der Waals surface area contributed by atoms with Crippen molar-refractivity contribution in [1.82, 2.24) is 5.32 Å². The molecule has 1 aromatic rings. The van der Waals surface area contributed by atoms with Gasteiger partial charge in [-0.05, 0) is 28.9 Å². The molecule has 0 fully saturated rings. The molecule has 1 rings (SSSR count). The molecule has 0 unspecified atom stereocenters. The van der Waals surface area contributed by atoms with E-state index in [1.54, 1.807) is 0 Å². The third-order valence-electron chi connectivity index (χ3n) is 1.52. The smallest absolute Gasteiger partial charge is 0.0314 e. The van der Waals surface area contributed by atoms with Gasteiger partial charge in [-0.1, -0.05) is 22.5 Å². The summed E-state index contributed by atoms with van der Waals surface area (Å²) in [5.74, 6) is 0. The van der Waals surface area contributed by atoms with E-state index >= 15 is 0 Å². The number of rotatable bonds is 4. The van der Waals surface area contributed by atoms with Gasteiger partial charge in [0, 0.05) is 31.8 Å². The summed E-state index contributed by atoms with van der Waals surface area (Å²) in [6.45, 7) is 7.59. The topological polar surface area (TPSA) is 12.0 Å². The lowest BCUT2D eigenvalue weighted by molar-refractivity contribution is 0.767. The third kappa shape index (κ3) is 3.94. The molecule has 0 saturated carbocycles. The Morgan fingerprint density at radius 2 is 2.38 bits per heavy atom. The van der Waals surface area contributed by atoms with Crippen molar-refractivity contribution in [3.63, 3.8) is 0 Å². The van der Waals surface area contributed by atoms with E-state index in [1.165, 1.54) is 14.2 Å². The average Bonchev–Trinajstić information content (AvgIpc) is 2.30. The van der Waals surface area contributed by atoms with Gasteiger partial charge in [0.1, 0.15) is 0 Å². The van der Waals surface area contributed by atoms with Gasteiger partial charge in [-0.15, -0.1) is 11.3 Å². The second kappa shape index (κ2) is 5.29. The highest BCUT2D eigenvalue weighted by Gasteiger charge is 2.01. The molecule has 0 aromatic carbocycles. The fourth-order valence-electron chi connectivity index (χ4n) is 0.926. The molecule has 0 bridgehead atoms. The molecule has 1 nitrogen and oxygen atoms in total. The Labute approximate surface area is 99.5 Å². The molecule has 1 N–H and O–H groups in total. The lowest BCUT2D eigenvalue weighted by Gasteiger charge is -1.99. The summed E-state index contributed by atoms with van der Waals surface area (Å²) in [5.41, 5.74) is 0. The molecule has 0 spiro atoms. The number of hydrogen-bond donors (Lipinski definition) is 1. The quantitative estimate of drug-likeness (QED) is 0.887. The van der Waals surface area contributed by atoms with E-state index in [0.717, 1.165) is 17.6 Å². The summed E-state index contributed by atoms with van der Waals surface area (Å²) in [7, 11) is 0. The Morgan fingerprint density at radius 1 is 1.69 bits per heavy atom. The highest BCUT2D eigenvalue weighted by Crippen LogP contribution is 2.26. The van der Waals surface area contributed by atoms with Crippen molar-refractivity contribution in [1.29, 1.82) is 0 Å². The second-order valence-electron chi connectivity index (χ2n) is 2.74. The molecule has 0 atom stereocenters. The van der Waals surface area contributed by atoms with Crippen LogP contribution in [0.3, 0.4) is 0 Å². The van der Waals surface area contributed by atoms with Gasteiger partial charge in [-0.25, -0.2) is 0 Å². The lowest BCUT2D eigenvalue weighted by atomic mass is 10.4. The van der Waals surface area contributed by atoms with E-state index in [4.69, 9.17) is 0 Å². The molecule has 0 amide bonds. The van der Waals surface area contributed by atoms with Crippen molar-refractivity contribution in [2.75, 3.05) is 6.54 Å². The van der Waals surface area contributed by atoms with E-state index in [2.05, 4.69) is 56.7 Å². The molecule has 1 aromatic heterocycles. The number of thiophene rings is 1. The van der Waals surface area contributed by atoms with Crippen molar-refractivity contribution >= 4 is 43.2 Å². The molecule has 0 aliphatic rings. The van der Waals surface area contributed by atoms with Crippen LogP contribution in [0.25, 0.3) is 0 Å². The van der Waals surface area contributed by atoms with Gasteiger partial charge in [0.15, 0.2) is 0 Å². The zero-order valence-electron chi connectivity index (χ0n) is 7.36. The van der Waals surface area contributed by atoms with Crippen LogP contribution in [0.5, 0.6) is 0 Å². The Hall–Kier alpha value is 0.360. The highest BCUT2D eigenvalue weighted by molar-refractivity contribution is 9.11. The minimum Gasteiger partial charge on any atom is -0.307 e. The summed E-state index contributed by atoms with van der Waals surface area (Å²) in [6.07, 6.45) is 0. The second-order valence-corrected chi connectivity index (χ2v) is 6.05. The molecular formula is C9H11Br2NS. The number of halogens is 2. The van der Waals surface area contributed by atoms with E-state index < -0.39 is 0 Å². The average molecular weight is 325 g/mol. The van der Waals surface area contributed by atoms with E-state index in [9.17, 15) is 0 Å². The van der Waals surface area contributed by atoms with Gasteiger partial charge < -0.3 is 5.32 Å². The largest absolute Gasteiger partial charge is 0.307 e. The normalized spacial score (nSPS) is 10.4. The molecule has 0 aliphatic heterocycles. The fourth-order valence-corrected chi connectivity index (χ4v) is 2.70. The Bertz CT molecular complexity index is 287. The number of hydrogen-bond acceptors (Lipinski definition) is 2. The number of aryl methyl sites for hydroxylation is 1. The van der Waals surface area contributed by atoms with Gasteiger partial charge in [0.2, 0.25) is 0 Å². The van der Waals surface area contributed by atoms with Crippen LogP contribution >= 0.6 is 43.2 Å². The summed E-state index contributed by atoms with van der Waals surface area (Å²) in [4.78, 5) is 2.67. The van der Waals surface area contributed by atoms with Gasteiger partial charge >= 0.3 is 0 Å². The van der Waals surface area contributed by atoms with Crippen molar-refractivity contribution in [2.45, 2.75) is 13.5 Å². The Balaban J connectivity index is 2.41. The van der Waals surface area contributed by atoms with Crippen LogP contribution in [0.1, 0.15) is 9.75 Å². The van der Waals surface area contributed by atoms with Gasteiger partial charge in [-0.3, -0.25) is 0 Å². The van der Waals surface area contributed by atoms with Gasteiger partial charge in [0.05, 0.1) is 0 Å². The lowest BCUT2D eigenvalue weighted by Crippen LogP contribution is -2.13. The molecule has 72 valence electrons. The Kier molecular flexibility index (Phi) is 4.66. The molecule has 0 aliphatic carbocycles. The molecule has 0 saturated heterocycles. The van der Waals surface area contributed by atoms with Crippen LogP contribution in [0.4, 0.5) is 0 Å². The minimum atomic E-state index is 0.814. The summed E-state index contributed by atoms with van der Waals surface area (Å²) in [6, 6.07) is 2.16. The van der Waals surface area contributed by atoms with Crippen molar-refractivity contribution in [3.05, 3.63) is 31.4 Å². The maximum atomic E-state index is 3.76. The summed E-state index contributed by atoms with van der Waals surface area (Å²) < 4.78 is 2.19. The van der Waals surface area contributed by atoms with Crippen LogP contribution in [0, 0.1) is 6.92 Å². The highest BCUT2D eigenvalue weighted by atomic mass is 79.9. The summed E-state index contributed by atoms with van der Waals surface area (Å²) >= 11 is 8.61. The van der Waals surface area contributed by atoms with Gasteiger partial charge in [-0.2, -0.15) is 0 Å². The minimum absolute atomic E-state index is 0.814. The predicted molar refractivity (Wildman–Crippen MR) is 66.5 cm³/mol. The van der Waals surface area contributed by atoms with E-state index in [0.29, 0.717) is 0 Å². The zero-order chi connectivity index (χ0) is 9.84. The molecule has 1 heterocycles. The van der Waals surface area contributed by atoms with Crippen molar-refractivity contribution < 1.29 is 0 Å². The molecular weight excluding hydrogens is 314 g/mol. The van der Waals surface area contributed by atoms with E-state index in [1.807, 2.05) is 11.3 Å². The van der Waals surface area contributed by atoms with E-state index in [-0.39, 0.29) is 0 Å². The van der Waals surface area contributed by atoms with Crippen molar-refractivity contribution in [3.8, 4) is 0 Å². The van der Waals surface area contributed by atoms with Gasteiger partial charge in [0.25, 0.3) is 0 Å². The standard InChI is InChI=1S/C9H11Br2NS/c1-6(10)4-12-5-8-3-9(11)7(2)13-8/h3,12H,1,4-5H2,2H3. The molecule has 0 radical (unpaired) electrons. The van der Waals surface area contributed by atoms with Crippen molar-refractivity contribution in [2.24, 2.45) is 0 Å². The SMILES string of the molecule is C=C(Br)CNCc1cc(Br)c(C)s1. The maximum absolute atomic E-state index is 3.76. The van der Waals surface area contributed by atoms with Crippen LogP contribution in [0.15, 0.2) is 21.6 Å². The maximum Gasteiger partial charge on any atom is 0.0314 e. The van der Waals surface area contributed by atoms with Crippen LogP contribution in [-0.2, 0) is 6.54 Å². The zero-order valence-corrected chi connectivity index (χ0v) is 11.4. The van der Waals surface area contributed by atoms with Crippen LogP contribution in [0.2, 0.25) is 0 Å². The molecule has 4 heteroatoms. The van der Waals surface area contributed by atoms with Crippen LogP contribution < -0.4 is 5.32 Å². The first-order chi connectivity index (χ1) is 6.09. The fraction of sp³-hybridized carbons (Fsp3) is 0.333. The first kappa shape index (κ1) is 11.4. The van der Waals surface area contributed by atoms with Crippen LogP contribution in [-0.4, -0.2) is 6.54 Å². The number of nitrogens with one attached hydrogen (secondary N) is 1. The summed E-state index contributed by atoms with van der Waals surface area (Å²) in [5, 5.41) is 3.28. The molecule has 13 heavy (non-hydrogen) atoms. The first-order valence-corrected chi connectivity index (χ1v) is 6.28. The monoisotopic (exact) mass is 323 g/mol. The third-order valence-corrected chi connectivity index (χ3v) is 3.94. The first-order valence-electron chi connectivity index (χ1n) is 3.88. The Morgan fingerprint density at radius 3 is 2.85 bits per heavy atom.